The Balaban J connectivity index is 1.24. The van der Waals surface area contributed by atoms with Crippen molar-refractivity contribution in [2.24, 2.45) is 10.9 Å². The molecule has 0 saturated carbocycles. The summed E-state index contributed by atoms with van der Waals surface area (Å²) in [6, 6.07) is 16.7. The van der Waals surface area contributed by atoms with Gasteiger partial charge in [0, 0.05) is 42.9 Å². The molecule has 4 rings (SSSR count). The number of fused-ring (bicyclic) bond motifs is 1. The Morgan fingerprint density at radius 1 is 1.14 bits per heavy atom. The zero-order chi connectivity index (χ0) is 19.9. The highest BCUT2D eigenvalue weighted by Gasteiger charge is 2.22. The van der Waals surface area contributed by atoms with Gasteiger partial charge in [-0.15, -0.1) is 0 Å². The van der Waals surface area contributed by atoms with Crippen molar-refractivity contribution < 1.29 is 9.53 Å². The summed E-state index contributed by atoms with van der Waals surface area (Å²) in [7, 11) is 0. The van der Waals surface area contributed by atoms with Crippen molar-refractivity contribution in [3.05, 3.63) is 66.4 Å². The third-order valence-corrected chi connectivity index (χ3v) is 5.07. The van der Waals surface area contributed by atoms with E-state index in [9.17, 15) is 4.79 Å². The molecule has 2 aromatic carbocycles. The number of rotatable bonds is 6. The van der Waals surface area contributed by atoms with E-state index in [2.05, 4.69) is 27.0 Å². The Morgan fingerprint density at radius 3 is 2.90 bits per heavy atom. The molecule has 29 heavy (non-hydrogen) atoms. The summed E-state index contributed by atoms with van der Waals surface area (Å²) < 4.78 is 5.81. The molecule has 0 spiro atoms. The van der Waals surface area contributed by atoms with Gasteiger partial charge in [0.25, 0.3) is 0 Å². The fourth-order valence-electron chi connectivity index (χ4n) is 3.59. The summed E-state index contributed by atoms with van der Waals surface area (Å²) >= 11 is 0. The van der Waals surface area contributed by atoms with E-state index in [1.54, 1.807) is 6.07 Å². The lowest BCUT2D eigenvalue weighted by molar-refractivity contribution is 0.252. The predicted octanol–water partition coefficient (Wildman–Crippen LogP) is 4.68. The van der Waals surface area contributed by atoms with Gasteiger partial charge in [0.15, 0.2) is 0 Å². The number of allylic oxidation sites excluding steroid dienone is 1. The number of nitrogens with one attached hydrogen (secondary N) is 3. The van der Waals surface area contributed by atoms with Gasteiger partial charge < -0.3 is 20.7 Å². The Bertz CT molecular complexity index is 908. The SMILES string of the molecule is O=C(NCCC1=CCC2CCCN=C2N1)Nc1cccc(Oc2ccccc2)c1. The van der Waals surface area contributed by atoms with Crippen molar-refractivity contribution >= 4 is 17.6 Å². The molecule has 1 atom stereocenters. The normalized spacial score (nSPS) is 17.9. The van der Waals surface area contributed by atoms with Gasteiger partial charge in [-0.2, -0.15) is 0 Å². The highest BCUT2D eigenvalue weighted by molar-refractivity contribution is 5.89. The minimum atomic E-state index is -0.230. The Kier molecular flexibility index (Phi) is 6.10. The topological polar surface area (TPSA) is 74.8 Å². The van der Waals surface area contributed by atoms with E-state index in [0.717, 1.165) is 36.7 Å². The first-order chi connectivity index (χ1) is 14.3. The number of anilines is 1. The highest BCUT2D eigenvalue weighted by Crippen LogP contribution is 2.24. The lowest BCUT2D eigenvalue weighted by Gasteiger charge is -2.28. The fraction of sp³-hybridized carbons (Fsp3) is 0.304. The molecule has 0 fully saturated rings. The Hall–Kier alpha value is -3.28. The number of amidine groups is 1. The smallest absolute Gasteiger partial charge is 0.319 e. The van der Waals surface area contributed by atoms with Gasteiger partial charge in [-0.3, -0.25) is 4.99 Å². The first kappa shape index (κ1) is 19.1. The molecule has 1 unspecified atom stereocenters. The van der Waals surface area contributed by atoms with Crippen LogP contribution >= 0.6 is 0 Å². The maximum Gasteiger partial charge on any atom is 0.319 e. The second-order valence-corrected chi connectivity index (χ2v) is 7.27. The van der Waals surface area contributed by atoms with E-state index in [0.29, 0.717) is 23.9 Å². The molecule has 2 aromatic rings. The molecule has 2 aliphatic rings. The largest absolute Gasteiger partial charge is 0.457 e. The van der Waals surface area contributed by atoms with Gasteiger partial charge >= 0.3 is 6.03 Å². The number of hydrogen-bond acceptors (Lipinski definition) is 4. The van der Waals surface area contributed by atoms with Crippen LogP contribution in [0.1, 0.15) is 25.7 Å². The van der Waals surface area contributed by atoms with E-state index in [-0.39, 0.29) is 6.03 Å². The molecule has 2 heterocycles. The van der Waals surface area contributed by atoms with Crippen molar-refractivity contribution in [2.75, 3.05) is 18.4 Å². The number of aliphatic imine (C=N–C) groups is 1. The van der Waals surface area contributed by atoms with Crippen LogP contribution in [0.2, 0.25) is 0 Å². The van der Waals surface area contributed by atoms with E-state index in [4.69, 9.17) is 4.74 Å². The Labute approximate surface area is 171 Å². The summed E-state index contributed by atoms with van der Waals surface area (Å²) in [6.07, 6.45) is 6.43. The molecular formula is C23H26N4O2. The first-order valence-corrected chi connectivity index (χ1v) is 10.1. The lowest BCUT2D eigenvalue weighted by atomic mass is 9.92. The second kappa shape index (κ2) is 9.28. The summed E-state index contributed by atoms with van der Waals surface area (Å²) in [4.78, 5) is 16.8. The molecular weight excluding hydrogens is 364 g/mol. The molecule has 0 saturated heterocycles. The number of carbonyl (C=O) groups is 1. The van der Waals surface area contributed by atoms with Crippen LogP contribution in [0.25, 0.3) is 0 Å². The van der Waals surface area contributed by atoms with Crippen molar-refractivity contribution in [3.63, 3.8) is 0 Å². The maximum atomic E-state index is 12.2. The molecule has 150 valence electrons. The van der Waals surface area contributed by atoms with E-state index in [1.807, 2.05) is 48.5 Å². The van der Waals surface area contributed by atoms with Crippen LogP contribution in [-0.2, 0) is 0 Å². The summed E-state index contributed by atoms with van der Waals surface area (Å²) in [5.41, 5.74) is 1.82. The molecule has 0 aliphatic carbocycles. The monoisotopic (exact) mass is 390 g/mol. The lowest BCUT2D eigenvalue weighted by Crippen LogP contribution is -2.37. The van der Waals surface area contributed by atoms with Crippen molar-refractivity contribution in [2.45, 2.75) is 25.7 Å². The van der Waals surface area contributed by atoms with Gasteiger partial charge in [-0.1, -0.05) is 30.3 Å². The molecule has 6 nitrogen and oxygen atoms in total. The van der Waals surface area contributed by atoms with Crippen molar-refractivity contribution in [3.8, 4) is 11.5 Å². The molecule has 2 aliphatic heterocycles. The number of urea groups is 1. The van der Waals surface area contributed by atoms with Gasteiger partial charge in [0.05, 0.1) is 0 Å². The number of benzene rings is 2. The molecule has 2 amide bonds. The third kappa shape index (κ3) is 5.38. The molecule has 3 N–H and O–H groups in total. The number of amides is 2. The quantitative estimate of drug-likeness (QED) is 0.671. The van der Waals surface area contributed by atoms with Crippen LogP contribution in [0.15, 0.2) is 71.4 Å². The zero-order valence-corrected chi connectivity index (χ0v) is 16.4. The first-order valence-electron chi connectivity index (χ1n) is 10.1. The van der Waals surface area contributed by atoms with E-state index in [1.165, 1.54) is 12.8 Å². The molecule has 0 aromatic heterocycles. The van der Waals surface area contributed by atoms with Crippen LogP contribution in [0.3, 0.4) is 0 Å². The van der Waals surface area contributed by atoms with Crippen LogP contribution in [0, 0.1) is 5.92 Å². The average molecular weight is 390 g/mol. The number of para-hydroxylation sites is 1. The van der Waals surface area contributed by atoms with Crippen molar-refractivity contribution in [1.29, 1.82) is 0 Å². The average Bonchev–Trinajstić information content (AvgIpc) is 2.75. The number of ether oxygens (including phenoxy) is 1. The third-order valence-electron chi connectivity index (χ3n) is 5.07. The maximum absolute atomic E-state index is 12.2. The van der Waals surface area contributed by atoms with Crippen molar-refractivity contribution in [1.82, 2.24) is 10.6 Å². The van der Waals surface area contributed by atoms with Crippen LogP contribution in [-0.4, -0.2) is 25.0 Å². The highest BCUT2D eigenvalue weighted by atomic mass is 16.5. The van der Waals surface area contributed by atoms with Crippen LogP contribution < -0.4 is 20.7 Å². The van der Waals surface area contributed by atoms with E-state index >= 15 is 0 Å². The summed E-state index contributed by atoms with van der Waals surface area (Å²) in [5.74, 6) is 3.10. The summed E-state index contributed by atoms with van der Waals surface area (Å²) in [5, 5.41) is 9.20. The van der Waals surface area contributed by atoms with E-state index < -0.39 is 0 Å². The number of nitrogens with zero attached hydrogens (tertiary/aromatic N) is 1. The predicted molar refractivity (Wildman–Crippen MR) is 115 cm³/mol. The zero-order valence-electron chi connectivity index (χ0n) is 16.4. The standard InChI is InChI=1S/C23H26N4O2/c28-23(25-15-13-18-12-11-17-6-5-14-24-22(17)26-18)27-19-7-4-10-21(16-19)29-20-8-2-1-3-9-20/h1-4,7-10,12,16-17H,5-6,11,13-15H2,(H,24,26)(H2,25,27,28). The van der Waals surface area contributed by atoms with Gasteiger partial charge in [-0.05, 0) is 43.5 Å². The van der Waals surface area contributed by atoms with Gasteiger partial charge in [-0.25, -0.2) is 4.79 Å². The molecule has 6 heteroatoms. The minimum absolute atomic E-state index is 0.230. The number of carbonyl (C=O) groups excluding carboxylic acids is 1. The Morgan fingerprint density at radius 2 is 2.00 bits per heavy atom. The van der Waals surface area contributed by atoms with Gasteiger partial charge in [0.1, 0.15) is 17.3 Å². The fourth-order valence-corrected chi connectivity index (χ4v) is 3.59. The second-order valence-electron chi connectivity index (χ2n) is 7.27. The molecule has 0 radical (unpaired) electrons. The van der Waals surface area contributed by atoms with Gasteiger partial charge in [0.2, 0.25) is 0 Å². The van der Waals surface area contributed by atoms with Crippen LogP contribution in [0.4, 0.5) is 10.5 Å². The summed E-state index contributed by atoms with van der Waals surface area (Å²) in [6.45, 7) is 1.47. The molecule has 0 bridgehead atoms. The minimum Gasteiger partial charge on any atom is -0.457 e. The number of hydrogen-bond donors (Lipinski definition) is 3. The van der Waals surface area contributed by atoms with Crippen LogP contribution in [0.5, 0.6) is 11.5 Å².